The van der Waals surface area contributed by atoms with Crippen LogP contribution in [-0.4, -0.2) is 50.1 Å². The summed E-state index contributed by atoms with van der Waals surface area (Å²) in [4.78, 5) is 12.0. The first-order valence-corrected chi connectivity index (χ1v) is 7.33. The molecule has 1 amide bonds. The summed E-state index contributed by atoms with van der Waals surface area (Å²) in [5.41, 5.74) is -3.32. The van der Waals surface area contributed by atoms with Crippen molar-refractivity contribution in [2.24, 2.45) is 5.10 Å². The van der Waals surface area contributed by atoms with Crippen molar-refractivity contribution in [2.75, 3.05) is 0 Å². The van der Waals surface area contributed by atoms with Crippen molar-refractivity contribution < 1.29 is 27.5 Å². The topological polar surface area (TPSA) is 70.7 Å². The van der Waals surface area contributed by atoms with E-state index in [1.165, 1.54) is 4.68 Å². The van der Waals surface area contributed by atoms with Gasteiger partial charge >= 0.3 is 0 Å². The van der Waals surface area contributed by atoms with E-state index < -0.39 is 36.6 Å². The van der Waals surface area contributed by atoms with E-state index in [4.69, 9.17) is 0 Å². The van der Waals surface area contributed by atoms with Gasteiger partial charge in [-0.2, -0.15) is 15.2 Å². The largest absolute Gasteiger partial charge is 0.364 e. The van der Waals surface area contributed by atoms with Crippen LogP contribution < -0.4 is 0 Å². The molecule has 1 aliphatic heterocycles. The Labute approximate surface area is 136 Å². The molecule has 6 nitrogen and oxygen atoms in total. The number of alkyl halides is 4. The van der Waals surface area contributed by atoms with Crippen LogP contribution in [0.5, 0.6) is 0 Å². The Balaban J connectivity index is 2.11. The molecule has 1 N–H and O–H groups in total. The quantitative estimate of drug-likeness (QED) is 0.769. The number of carbonyl (C=O) groups excluding carboxylic acids is 1. The monoisotopic (exact) mass is 400 g/mol. The van der Waals surface area contributed by atoms with Gasteiger partial charge in [0.2, 0.25) is 11.6 Å². The number of halogens is 5. The number of aromatic nitrogens is 2. The van der Waals surface area contributed by atoms with Crippen LogP contribution >= 0.6 is 15.9 Å². The Hall–Kier alpha value is -1.49. The smallest absolute Gasteiger partial charge is 0.287 e. The van der Waals surface area contributed by atoms with Gasteiger partial charge in [0, 0.05) is 25.6 Å². The van der Waals surface area contributed by atoms with E-state index in [0.29, 0.717) is 10.2 Å². The maximum atomic E-state index is 13.0. The fourth-order valence-electron chi connectivity index (χ4n) is 2.08. The minimum atomic E-state index is -3.42. The van der Waals surface area contributed by atoms with Gasteiger partial charge in [-0.15, -0.1) is 0 Å². The van der Waals surface area contributed by atoms with Gasteiger partial charge in [0.15, 0.2) is 0 Å². The number of aliphatic hydroxyl groups is 1. The third kappa shape index (κ3) is 3.55. The second-order valence-corrected chi connectivity index (χ2v) is 5.88. The van der Waals surface area contributed by atoms with E-state index >= 15 is 0 Å². The fourth-order valence-corrected chi connectivity index (χ4v) is 2.39. The van der Waals surface area contributed by atoms with Crippen molar-refractivity contribution in [3.8, 4) is 0 Å². The summed E-state index contributed by atoms with van der Waals surface area (Å²) in [5, 5.41) is 17.1. The van der Waals surface area contributed by atoms with Crippen LogP contribution in [0, 0.1) is 6.92 Å². The standard InChI is InChI=1S/C12H13BrF4N4O2/c1-6-7(13)5-20(18-6)3-2-9(22)21-12(23,11(16)17)4-8(19-21)10(14)15/h5,10-11,23H,2-4H2,1H3. The van der Waals surface area contributed by atoms with Gasteiger partial charge in [-0.25, -0.2) is 17.6 Å². The molecule has 1 unspecified atom stereocenters. The lowest BCUT2D eigenvalue weighted by Crippen LogP contribution is -2.51. The van der Waals surface area contributed by atoms with Gasteiger partial charge in [-0.1, -0.05) is 0 Å². The number of nitrogens with zero attached hydrogens (tertiary/aromatic N) is 4. The van der Waals surface area contributed by atoms with Crippen LogP contribution in [0.25, 0.3) is 0 Å². The molecular formula is C12H13BrF4N4O2. The molecule has 23 heavy (non-hydrogen) atoms. The van der Waals surface area contributed by atoms with Crippen molar-refractivity contribution in [3.63, 3.8) is 0 Å². The molecule has 1 atom stereocenters. The summed E-state index contributed by atoms with van der Waals surface area (Å²) in [6.07, 6.45) is -6.38. The Morgan fingerprint density at radius 3 is 2.61 bits per heavy atom. The first kappa shape index (κ1) is 17.9. The molecular weight excluding hydrogens is 388 g/mol. The molecule has 1 aromatic rings. The Bertz CT molecular complexity index is 617. The fraction of sp³-hybridized carbons (Fsp3) is 0.583. The number of amides is 1. The minimum Gasteiger partial charge on any atom is -0.364 e. The highest BCUT2D eigenvalue weighted by Gasteiger charge is 2.53. The summed E-state index contributed by atoms with van der Waals surface area (Å²) in [5.74, 6) is -0.993. The molecule has 0 saturated carbocycles. The predicted octanol–water partition coefficient (Wildman–Crippen LogP) is 2.15. The molecule has 1 aromatic heterocycles. The van der Waals surface area contributed by atoms with Crippen molar-refractivity contribution in [1.29, 1.82) is 0 Å². The van der Waals surface area contributed by atoms with Gasteiger partial charge < -0.3 is 5.11 Å². The maximum absolute atomic E-state index is 13.0. The van der Waals surface area contributed by atoms with Crippen LogP contribution in [-0.2, 0) is 11.3 Å². The first-order chi connectivity index (χ1) is 10.6. The van der Waals surface area contributed by atoms with E-state index in [1.807, 2.05) is 0 Å². The summed E-state index contributed by atoms with van der Waals surface area (Å²) in [6, 6.07) is 0. The molecule has 0 fully saturated rings. The van der Waals surface area contributed by atoms with Gasteiger partial charge in [-0.05, 0) is 22.9 Å². The Morgan fingerprint density at radius 2 is 2.13 bits per heavy atom. The summed E-state index contributed by atoms with van der Waals surface area (Å²) < 4.78 is 53.4. The lowest BCUT2D eigenvalue weighted by molar-refractivity contribution is -0.192. The zero-order valence-corrected chi connectivity index (χ0v) is 13.5. The molecule has 0 spiro atoms. The Morgan fingerprint density at radius 1 is 1.48 bits per heavy atom. The zero-order chi connectivity index (χ0) is 17.4. The molecule has 0 saturated heterocycles. The molecule has 11 heteroatoms. The molecule has 0 aliphatic carbocycles. The normalized spacial score (nSPS) is 21.4. The van der Waals surface area contributed by atoms with Crippen molar-refractivity contribution >= 4 is 27.5 Å². The van der Waals surface area contributed by atoms with E-state index in [0.717, 1.165) is 0 Å². The van der Waals surface area contributed by atoms with Crippen molar-refractivity contribution in [1.82, 2.24) is 14.8 Å². The minimum absolute atomic E-state index is 0.0284. The van der Waals surface area contributed by atoms with E-state index in [2.05, 4.69) is 26.1 Å². The van der Waals surface area contributed by atoms with Crippen LogP contribution in [0.2, 0.25) is 0 Å². The molecule has 0 radical (unpaired) electrons. The number of hydrazone groups is 1. The second kappa shape index (κ2) is 6.56. The van der Waals surface area contributed by atoms with Gasteiger partial charge in [0.1, 0.15) is 5.71 Å². The van der Waals surface area contributed by atoms with Crippen molar-refractivity contribution in [2.45, 2.75) is 44.9 Å². The van der Waals surface area contributed by atoms with Gasteiger partial charge in [0.25, 0.3) is 12.9 Å². The average molecular weight is 401 g/mol. The van der Waals surface area contributed by atoms with Gasteiger partial charge in [0.05, 0.1) is 10.2 Å². The van der Waals surface area contributed by atoms with E-state index in [-0.39, 0.29) is 18.0 Å². The van der Waals surface area contributed by atoms with Crippen LogP contribution in [0.4, 0.5) is 17.6 Å². The van der Waals surface area contributed by atoms with Gasteiger partial charge in [-0.3, -0.25) is 9.48 Å². The summed E-state index contributed by atoms with van der Waals surface area (Å²) >= 11 is 3.23. The summed E-state index contributed by atoms with van der Waals surface area (Å²) in [6.45, 7) is 1.75. The van der Waals surface area contributed by atoms with E-state index in [1.54, 1.807) is 13.1 Å². The number of aryl methyl sites for hydroxylation is 2. The second-order valence-electron chi connectivity index (χ2n) is 5.03. The lowest BCUT2D eigenvalue weighted by atomic mass is 10.1. The third-order valence-corrected chi connectivity index (χ3v) is 4.09. The average Bonchev–Trinajstić information content (AvgIpc) is 2.98. The molecule has 2 rings (SSSR count). The van der Waals surface area contributed by atoms with Crippen LogP contribution in [0.1, 0.15) is 18.5 Å². The maximum Gasteiger partial charge on any atom is 0.287 e. The van der Waals surface area contributed by atoms with Crippen LogP contribution in [0.3, 0.4) is 0 Å². The predicted molar refractivity (Wildman–Crippen MR) is 75.1 cm³/mol. The highest BCUT2D eigenvalue weighted by atomic mass is 79.9. The lowest BCUT2D eigenvalue weighted by Gasteiger charge is -2.30. The molecule has 1 aliphatic rings. The van der Waals surface area contributed by atoms with Crippen molar-refractivity contribution in [3.05, 3.63) is 16.4 Å². The third-order valence-electron chi connectivity index (χ3n) is 3.32. The van der Waals surface area contributed by atoms with Crippen LogP contribution in [0.15, 0.2) is 15.8 Å². The number of hydrogen-bond donors (Lipinski definition) is 1. The SMILES string of the molecule is Cc1nn(CCC(=O)N2N=C(C(F)F)CC2(O)C(F)F)cc1Br. The molecule has 0 bridgehead atoms. The number of hydrogen-bond acceptors (Lipinski definition) is 4. The highest BCUT2D eigenvalue weighted by molar-refractivity contribution is 9.10. The molecule has 0 aromatic carbocycles. The van der Waals surface area contributed by atoms with E-state index in [9.17, 15) is 27.5 Å². The number of carbonyl (C=O) groups is 1. The molecule has 2 heterocycles. The first-order valence-electron chi connectivity index (χ1n) is 6.54. The summed E-state index contributed by atoms with van der Waals surface area (Å²) in [7, 11) is 0. The molecule has 128 valence electrons. The zero-order valence-electron chi connectivity index (χ0n) is 11.9. The Kier molecular flexibility index (Phi) is 5.09. The number of rotatable bonds is 5. The highest BCUT2D eigenvalue weighted by Crippen LogP contribution is 2.33.